The maximum absolute atomic E-state index is 12.9. The van der Waals surface area contributed by atoms with Crippen molar-refractivity contribution >= 4 is 29.1 Å². The normalized spacial score (nSPS) is 15.3. The molecule has 0 bridgehead atoms. The van der Waals surface area contributed by atoms with Crippen LogP contribution in [-0.2, 0) is 29.1 Å². The van der Waals surface area contributed by atoms with Gasteiger partial charge < -0.3 is 19.7 Å². The van der Waals surface area contributed by atoms with E-state index < -0.39 is 6.10 Å². The molecule has 0 saturated heterocycles. The van der Waals surface area contributed by atoms with Gasteiger partial charge in [0.05, 0.1) is 13.5 Å². The minimum atomic E-state index is -0.603. The molecule has 6 nitrogen and oxygen atoms in total. The lowest BCUT2D eigenvalue weighted by atomic mass is 10.1. The Morgan fingerprint density at radius 2 is 1.79 bits per heavy atom. The van der Waals surface area contributed by atoms with Crippen LogP contribution in [0, 0.1) is 0 Å². The molecule has 1 N–H and O–H groups in total. The molecule has 170 valence electrons. The number of benzene rings is 3. The number of nitrogens with zero attached hydrogens (tertiary/aromatic N) is 1. The molecule has 0 saturated carbocycles. The quantitative estimate of drug-likeness (QED) is 0.566. The first kappa shape index (κ1) is 22.7. The number of anilines is 1. The van der Waals surface area contributed by atoms with Crippen molar-refractivity contribution in [3.05, 3.63) is 88.4 Å². The van der Waals surface area contributed by atoms with E-state index in [2.05, 4.69) is 5.32 Å². The van der Waals surface area contributed by atoms with Crippen LogP contribution in [0.3, 0.4) is 0 Å². The zero-order valence-electron chi connectivity index (χ0n) is 18.5. The highest BCUT2D eigenvalue weighted by Gasteiger charge is 2.28. The van der Waals surface area contributed by atoms with Crippen LogP contribution in [0.1, 0.15) is 23.6 Å². The van der Waals surface area contributed by atoms with Crippen molar-refractivity contribution in [3.63, 3.8) is 0 Å². The molecule has 0 fully saturated rings. The second-order valence-electron chi connectivity index (χ2n) is 7.98. The first-order valence-electron chi connectivity index (χ1n) is 10.7. The van der Waals surface area contributed by atoms with Crippen LogP contribution in [0.15, 0.2) is 66.7 Å². The minimum absolute atomic E-state index is 0.0914. The lowest BCUT2D eigenvalue weighted by molar-refractivity contribution is -0.138. The van der Waals surface area contributed by atoms with Crippen LogP contribution in [-0.4, -0.2) is 29.9 Å². The lowest BCUT2D eigenvalue weighted by Gasteiger charge is -2.22. The van der Waals surface area contributed by atoms with Crippen molar-refractivity contribution in [2.75, 3.05) is 12.4 Å². The van der Waals surface area contributed by atoms with Crippen LogP contribution in [0.25, 0.3) is 0 Å². The van der Waals surface area contributed by atoms with Gasteiger partial charge in [-0.1, -0.05) is 35.9 Å². The van der Waals surface area contributed by atoms with Crippen molar-refractivity contribution in [1.82, 2.24) is 4.90 Å². The zero-order chi connectivity index (χ0) is 23.4. The fraction of sp³-hybridized carbons (Fsp3) is 0.231. The van der Waals surface area contributed by atoms with Gasteiger partial charge in [-0.25, -0.2) is 0 Å². The average molecular weight is 465 g/mol. The standard InChI is InChI=1S/C26H25ClN2O4/c1-17-26(31)29(15-19-3-7-21(27)8-4-19)16-20-14-22(9-12-24(20)33-17)28-25(30)13-18-5-10-23(32-2)11-6-18/h3-12,14,17H,13,15-16H2,1-2H3,(H,28,30)/t17-/m1/s1. The molecule has 3 aromatic rings. The van der Waals surface area contributed by atoms with E-state index in [0.717, 1.165) is 22.4 Å². The van der Waals surface area contributed by atoms with Gasteiger partial charge in [-0.15, -0.1) is 0 Å². The molecule has 0 radical (unpaired) electrons. The van der Waals surface area contributed by atoms with E-state index in [1.807, 2.05) is 54.6 Å². The first-order chi connectivity index (χ1) is 15.9. The Labute approximate surface area is 198 Å². The largest absolute Gasteiger partial charge is 0.497 e. The molecule has 1 atom stereocenters. The van der Waals surface area contributed by atoms with E-state index in [0.29, 0.717) is 29.5 Å². The number of fused-ring (bicyclic) bond motifs is 1. The number of rotatable bonds is 6. The molecule has 0 aromatic heterocycles. The molecule has 0 unspecified atom stereocenters. The van der Waals surface area contributed by atoms with Gasteiger partial charge in [0.1, 0.15) is 11.5 Å². The second kappa shape index (κ2) is 9.96. The Kier molecular flexibility index (Phi) is 6.84. The molecule has 33 heavy (non-hydrogen) atoms. The van der Waals surface area contributed by atoms with Crippen LogP contribution >= 0.6 is 11.6 Å². The highest BCUT2D eigenvalue weighted by atomic mass is 35.5. The summed E-state index contributed by atoms with van der Waals surface area (Å²) in [5, 5.41) is 3.59. The summed E-state index contributed by atoms with van der Waals surface area (Å²) < 4.78 is 11.0. The molecule has 3 aromatic carbocycles. The van der Waals surface area contributed by atoms with E-state index in [4.69, 9.17) is 21.1 Å². The summed E-state index contributed by atoms with van der Waals surface area (Å²) in [5.74, 6) is 1.17. The Hall–Kier alpha value is -3.51. The predicted octanol–water partition coefficient (Wildman–Crippen LogP) is 4.84. The fourth-order valence-corrected chi connectivity index (χ4v) is 3.88. The maximum Gasteiger partial charge on any atom is 0.263 e. The highest BCUT2D eigenvalue weighted by molar-refractivity contribution is 6.30. The summed E-state index contributed by atoms with van der Waals surface area (Å²) in [7, 11) is 1.61. The van der Waals surface area contributed by atoms with Gasteiger partial charge >= 0.3 is 0 Å². The summed E-state index contributed by atoms with van der Waals surface area (Å²) in [6.45, 7) is 2.57. The average Bonchev–Trinajstić information content (AvgIpc) is 2.92. The van der Waals surface area contributed by atoms with Crippen LogP contribution in [0.2, 0.25) is 5.02 Å². The molecular formula is C26H25ClN2O4. The van der Waals surface area contributed by atoms with Crippen molar-refractivity contribution in [2.24, 2.45) is 0 Å². The smallest absolute Gasteiger partial charge is 0.263 e. The third kappa shape index (κ3) is 5.65. The number of ether oxygens (including phenoxy) is 2. The number of methoxy groups -OCH3 is 1. The van der Waals surface area contributed by atoms with E-state index >= 15 is 0 Å². The third-order valence-corrected chi connectivity index (χ3v) is 5.73. The summed E-state index contributed by atoms with van der Waals surface area (Å²) >= 11 is 5.98. The molecule has 2 amide bonds. The Balaban J connectivity index is 1.48. The molecule has 1 aliphatic heterocycles. The monoisotopic (exact) mass is 464 g/mol. The lowest BCUT2D eigenvalue weighted by Crippen LogP contribution is -2.37. The van der Waals surface area contributed by atoms with E-state index in [1.165, 1.54) is 0 Å². The Bertz CT molecular complexity index is 1150. The molecule has 1 aliphatic rings. The summed E-state index contributed by atoms with van der Waals surface area (Å²) in [4.78, 5) is 27.2. The first-order valence-corrected chi connectivity index (χ1v) is 11.0. The number of halogens is 1. The molecule has 1 heterocycles. The van der Waals surface area contributed by atoms with E-state index in [-0.39, 0.29) is 18.2 Å². The number of nitrogens with one attached hydrogen (secondary N) is 1. The highest BCUT2D eigenvalue weighted by Crippen LogP contribution is 2.29. The topological polar surface area (TPSA) is 67.9 Å². The van der Waals surface area contributed by atoms with Gasteiger partial charge in [-0.3, -0.25) is 9.59 Å². The SMILES string of the molecule is COc1ccc(CC(=O)Nc2ccc3c(c2)CN(Cc2ccc(Cl)cc2)C(=O)[C@@H](C)O3)cc1. The van der Waals surface area contributed by atoms with Gasteiger partial charge in [0.2, 0.25) is 5.91 Å². The van der Waals surface area contributed by atoms with Gasteiger partial charge in [0.25, 0.3) is 5.91 Å². The number of carbonyl (C=O) groups excluding carboxylic acids is 2. The minimum Gasteiger partial charge on any atom is -0.497 e. The summed E-state index contributed by atoms with van der Waals surface area (Å²) in [5.41, 5.74) is 3.36. The summed E-state index contributed by atoms with van der Waals surface area (Å²) in [6.07, 6.45) is -0.357. The van der Waals surface area contributed by atoms with Crippen molar-refractivity contribution in [1.29, 1.82) is 0 Å². The molecular weight excluding hydrogens is 440 g/mol. The zero-order valence-corrected chi connectivity index (χ0v) is 19.3. The van der Waals surface area contributed by atoms with Gasteiger partial charge in [0.15, 0.2) is 6.10 Å². The fourth-order valence-electron chi connectivity index (χ4n) is 3.76. The van der Waals surface area contributed by atoms with Crippen molar-refractivity contribution < 1.29 is 19.1 Å². The number of amides is 2. The number of hydrogen-bond acceptors (Lipinski definition) is 4. The van der Waals surface area contributed by atoms with Gasteiger partial charge in [-0.05, 0) is 60.5 Å². The van der Waals surface area contributed by atoms with Crippen LogP contribution in [0.5, 0.6) is 11.5 Å². The third-order valence-electron chi connectivity index (χ3n) is 5.48. The van der Waals surface area contributed by atoms with Gasteiger partial charge in [-0.2, -0.15) is 0 Å². The molecule has 0 spiro atoms. The number of carbonyl (C=O) groups is 2. The molecule has 4 rings (SSSR count). The van der Waals surface area contributed by atoms with Crippen molar-refractivity contribution in [2.45, 2.75) is 32.5 Å². The van der Waals surface area contributed by atoms with Gasteiger partial charge in [0, 0.05) is 29.4 Å². The molecule has 7 heteroatoms. The second-order valence-corrected chi connectivity index (χ2v) is 8.41. The van der Waals surface area contributed by atoms with Crippen molar-refractivity contribution in [3.8, 4) is 11.5 Å². The van der Waals surface area contributed by atoms with Crippen LogP contribution in [0.4, 0.5) is 5.69 Å². The van der Waals surface area contributed by atoms with E-state index in [1.54, 1.807) is 31.1 Å². The van der Waals surface area contributed by atoms with E-state index in [9.17, 15) is 9.59 Å². The predicted molar refractivity (Wildman–Crippen MR) is 128 cm³/mol. The molecule has 0 aliphatic carbocycles. The Morgan fingerprint density at radius 1 is 1.09 bits per heavy atom. The maximum atomic E-state index is 12.9. The Morgan fingerprint density at radius 3 is 2.48 bits per heavy atom. The number of hydrogen-bond donors (Lipinski definition) is 1. The summed E-state index contributed by atoms with van der Waals surface area (Å²) in [6, 6.07) is 20.3. The van der Waals surface area contributed by atoms with Crippen LogP contribution < -0.4 is 14.8 Å².